The molecule has 0 radical (unpaired) electrons. The number of thiophene rings is 1. The largest absolute Gasteiger partial charge is 0.379 e. The van der Waals surface area contributed by atoms with Gasteiger partial charge in [-0.25, -0.2) is 0 Å². The number of rotatable bonds is 1. The van der Waals surface area contributed by atoms with Crippen LogP contribution in [0.2, 0.25) is 0 Å². The van der Waals surface area contributed by atoms with E-state index in [9.17, 15) is 0 Å². The standard InChI is InChI=1S/C13H9ClOS/c1-2-5-12-8-9-13(16-12)7-4-3-6-11(15)10-14/h8-9,11,15H,10H2,1H3/t11-/m0/s1. The molecule has 0 aliphatic heterocycles. The van der Waals surface area contributed by atoms with E-state index in [1.165, 1.54) is 11.3 Å². The van der Waals surface area contributed by atoms with E-state index in [2.05, 4.69) is 35.5 Å². The quantitative estimate of drug-likeness (QED) is 0.596. The van der Waals surface area contributed by atoms with E-state index >= 15 is 0 Å². The minimum atomic E-state index is -0.805. The van der Waals surface area contributed by atoms with Crippen LogP contribution in [-0.2, 0) is 0 Å². The zero-order valence-electron chi connectivity index (χ0n) is 8.67. The first kappa shape index (κ1) is 12.7. The highest BCUT2D eigenvalue weighted by Gasteiger charge is 1.93. The van der Waals surface area contributed by atoms with E-state index in [1.54, 1.807) is 6.92 Å². The van der Waals surface area contributed by atoms with Gasteiger partial charge in [-0.05, 0) is 36.8 Å². The molecule has 0 saturated heterocycles. The smallest absolute Gasteiger partial charge is 0.129 e. The monoisotopic (exact) mass is 248 g/mol. The lowest BCUT2D eigenvalue weighted by Gasteiger charge is -1.89. The summed E-state index contributed by atoms with van der Waals surface area (Å²) in [5.74, 6) is 16.5. The van der Waals surface area contributed by atoms with E-state index in [-0.39, 0.29) is 5.88 Å². The average Bonchev–Trinajstić information content (AvgIpc) is 2.72. The molecule has 0 bridgehead atoms. The van der Waals surface area contributed by atoms with Crippen molar-refractivity contribution in [3.05, 3.63) is 21.9 Å². The Labute approximate surface area is 104 Å². The summed E-state index contributed by atoms with van der Waals surface area (Å²) < 4.78 is 0. The molecule has 0 unspecified atom stereocenters. The second-order valence-electron chi connectivity index (χ2n) is 2.73. The van der Waals surface area contributed by atoms with Crippen LogP contribution in [0.1, 0.15) is 16.7 Å². The van der Waals surface area contributed by atoms with E-state index in [1.807, 2.05) is 12.1 Å². The van der Waals surface area contributed by atoms with Crippen LogP contribution in [0.15, 0.2) is 12.1 Å². The number of hydrogen-bond acceptors (Lipinski definition) is 2. The summed E-state index contributed by atoms with van der Waals surface area (Å²) in [6, 6.07) is 3.82. The fourth-order valence-electron chi connectivity index (χ4n) is 0.846. The van der Waals surface area contributed by atoms with Crippen molar-refractivity contribution in [2.75, 3.05) is 5.88 Å². The molecule has 0 saturated carbocycles. The van der Waals surface area contributed by atoms with E-state index in [0.717, 1.165) is 9.75 Å². The minimum Gasteiger partial charge on any atom is -0.379 e. The van der Waals surface area contributed by atoms with Gasteiger partial charge in [-0.2, -0.15) is 0 Å². The van der Waals surface area contributed by atoms with Crippen LogP contribution in [0.25, 0.3) is 0 Å². The van der Waals surface area contributed by atoms with E-state index in [4.69, 9.17) is 16.7 Å². The normalized spacial score (nSPS) is 9.94. The van der Waals surface area contributed by atoms with Crippen molar-refractivity contribution in [1.82, 2.24) is 0 Å². The average molecular weight is 249 g/mol. The summed E-state index contributed by atoms with van der Waals surface area (Å²) in [5, 5.41) is 9.04. The van der Waals surface area contributed by atoms with Gasteiger partial charge in [0.1, 0.15) is 6.10 Å². The molecule has 1 aromatic rings. The summed E-state index contributed by atoms with van der Waals surface area (Å²) >= 11 is 6.89. The summed E-state index contributed by atoms with van der Waals surface area (Å²) in [6.07, 6.45) is -0.805. The van der Waals surface area contributed by atoms with E-state index < -0.39 is 6.10 Å². The van der Waals surface area contributed by atoms with Crippen molar-refractivity contribution < 1.29 is 5.11 Å². The van der Waals surface area contributed by atoms with Gasteiger partial charge in [-0.15, -0.1) is 28.9 Å². The van der Waals surface area contributed by atoms with Gasteiger partial charge in [0.05, 0.1) is 15.6 Å². The number of alkyl halides is 1. The SMILES string of the molecule is CC#Cc1ccc(C#CC#C[C@H](O)CCl)s1. The lowest BCUT2D eigenvalue weighted by atomic mass is 10.4. The van der Waals surface area contributed by atoms with Crippen molar-refractivity contribution in [3.63, 3.8) is 0 Å². The second-order valence-corrected chi connectivity index (χ2v) is 4.12. The third-order valence-electron chi connectivity index (χ3n) is 1.49. The highest BCUT2D eigenvalue weighted by atomic mass is 35.5. The molecule has 0 aliphatic rings. The highest BCUT2D eigenvalue weighted by molar-refractivity contribution is 7.13. The Kier molecular flexibility index (Phi) is 5.55. The van der Waals surface area contributed by atoms with Crippen LogP contribution >= 0.6 is 22.9 Å². The van der Waals surface area contributed by atoms with Crippen LogP contribution in [-0.4, -0.2) is 17.1 Å². The van der Waals surface area contributed by atoms with Gasteiger partial charge in [0.25, 0.3) is 0 Å². The van der Waals surface area contributed by atoms with Gasteiger partial charge in [-0.1, -0.05) is 11.8 Å². The molecule has 0 amide bonds. The van der Waals surface area contributed by atoms with Gasteiger partial charge in [0.2, 0.25) is 0 Å². The third kappa shape index (κ3) is 4.43. The minimum absolute atomic E-state index is 0.101. The Bertz CT molecular complexity index is 525. The molecule has 0 aromatic carbocycles. The van der Waals surface area contributed by atoms with Crippen molar-refractivity contribution >= 4 is 22.9 Å². The summed E-state index contributed by atoms with van der Waals surface area (Å²) in [6.45, 7) is 1.80. The predicted molar refractivity (Wildman–Crippen MR) is 68.3 cm³/mol. The van der Waals surface area contributed by atoms with Gasteiger partial charge in [0, 0.05) is 0 Å². The molecule has 1 rings (SSSR count). The molecule has 0 spiro atoms. The van der Waals surface area contributed by atoms with Crippen LogP contribution in [0.3, 0.4) is 0 Å². The number of aliphatic hydroxyl groups excluding tert-OH is 1. The molecule has 80 valence electrons. The second kappa shape index (κ2) is 7.00. The van der Waals surface area contributed by atoms with E-state index in [0.29, 0.717) is 0 Å². The van der Waals surface area contributed by atoms with Gasteiger partial charge in [0.15, 0.2) is 0 Å². The Hall–Kier alpha value is -1.37. The lowest BCUT2D eigenvalue weighted by Crippen LogP contribution is -2.02. The van der Waals surface area contributed by atoms with Crippen LogP contribution in [0.5, 0.6) is 0 Å². The molecular formula is C13H9ClOS. The van der Waals surface area contributed by atoms with Crippen molar-refractivity contribution in [1.29, 1.82) is 0 Å². The van der Waals surface area contributed by atoms with Crippen LogP contribution in [0, 0.1) is 35.5 Å². The zero-order valence-corrected chi connectivity index (χ0v) is 10.2. The summed E-state index contributed by atoms with van der Waals surface area (Å²) in [4.78, 5) is 1.90. The Balaban J connectivity index is 2.67. The molecule has 3 heteroatoms. The Morgan fingerprint density at radius 1 is 1.31 bits per heavy atom. The molecular weight excluding hydrogens is 240 g/mol. The zero-order chi connectivity index (χ0) is 11.8. The van der Waals surface area contributed by atoms with Crippen LogP contribution in [0.4, 0.5) is 0 Å². The van der Waals surface area contributed by atoms with Crippen LogP contribution < -0.4 is 0 Å². The van der Waals surface area contributed by atoms with Crippen molar-refractivity contribution in [2.24, 2.45) is 0 Å². The molecule has 1 nitrogen and oxygen atoms in total. The fourth-order valence-corrected chi connectivity index (χ4v) is 1.69. The molecule has 16 heavy (non-hydrogen) atoms. The topological polar surface area (TPSA) is 20.2 Å². The predicted octanol–water partition coefficient (Wildman–Crippen LogP) is 2.07. The molecule has 0 fully saturated rings. The molecule has 1 atom stereocenters. The third-order valence-corrected chi connectivity index (χ3v) is 2.70. The van der Waals surface area contributed by atoms with Crippen molar-refractivity contribution in [3.8, 4) is 35.5 Å². The maximum absolute atomic E-state index is 9.04. The Morgan fingerprint density at radius 2 is 2.00 bits per heavy atom. The lowest BCUT2D eigenvalue weighted by molar-refractivity contribution is 0.256. The van der Waals surface area contributed by atoms with Gasteiger partial charge < -0.3 is 5.11 Å². The molecule has 1 N–H and O–H groups in total. The van der Waals surface area contributed by atoms with Gasteiger partial charge >= 0.3 is 0 Å². The van der Waals surface area contributed by atoms with Crippen molar-refractivity contribution in [2.45, 2.75) is 13.0 Å². The summed E-state index contributed by atoms with van der Waals surface area (Å²) in [5.41, 5.74) is 0. The first-order valence-corrected chi connectivity index (χ1v) is 5.89. The number of aliphatic hydroxyl groups is 1. The number of hydrogen-bond donors (Lipinski definition) is 1. The summed E-state index contributed by atoms with van der Waals surface area (Å²) in [7, 11) is 0. The first-order chi connectivity index (χ1) is 7.76. The molecule has 0 aliphatic carbocycles. The highest BCUT2D eigenvalue weighted by Crippen LogP contribution is 2.13. The maximum Gasteiger partial charge on any atom is 0.129 e. The Morgan fingerprint density at radius 3 is 2.62 bits per heavy atom. The number of halogens is 1. The first-order valence-electron chi connectivity index (χ1n) is 4.54. The molecule has 1 aromatic heterocycles. The fraction of sp³-hybridized carbons (Fsp3) is 0.231. The molecule has 1 heterocycles. The maximum atomic E-state index is 9.04. The van der Waals surface area contributed by atoms with Gasteiger partial charge in [-0.3, -0.25) is 0 Å².